The Morgan fingerprint density at radius 3 is 2.78 bits per heavy atom. The second-order valence-corrected chi connectivity index (χ2v) is 6.42. The van der Waals surface area contributed by atoms with Crippen molar-refractivity contribution in [3.05, 3.63) is 64.5 Å². The molecule has 23 heavy (non-hydrogen) atoms. The van der Waals surface area contributed by atoms with Crippen LogP contribution in [0.1, 0.15) is 16.2 Å². The van der Waals surface area contributed by atoms with Crippen molar-refractivity contribution in [3.63, 3.8) is 0 Å². The van der Waals surface area contributed by atoms with Crippen molar-refractivity contribution >= 4 is 49.4 Å². The molecule has 114 valence electrons. The van der Waals surface area contributed by atoms with Gasteiger partial charge in [-0.05, 0) is 43.3 Å². The maximum Gasteiger partial charge on any atom is 0.298 e. The lowest BCUT2D eigenvalue weighted by Gasteiger charge is -2.06. The highest BCUT2D eigenvalue weighted by Gasteiger charge is 2.20. The summed E-state index contributed by atoms with van der Waals surface area (Å²) in [7, 11) is 0. The summed E-state index contributed by atoms with van der Waals surface area (Å²) in [6.07, 6.45) is 0. The first kappa shape index (κ1) is 14.1. The number of nitrogens with two attached hydrogens (primary N) is 1. The summed E-state index contributed by atoms with van der Waals surface area (Å²) in [4.78, 5) is 13.0. The number of carbonyl (C=O) groups is 1. The number of nitrogens with zero attached hydrogens (tertiary/aromatic N) is 1. The zero-order valence-electron chi connectivity index (χ0n) is 12.3. The van der Waals surface area contributed by atoms with Gasteiger partial charge in [-0.3, -0.25) is 9.36 Å². The molecule has 0 atom stereocenters. The summed E-state index contributed by atoms with van der Waals surface area (Å²) in [5, 5.41) is 1.83. The molecule has 0 spiro atoms. The lowest BCUT2D eigenvalue weighted by atomic mass is 10.2. The van der Waals surface area contributed by atoms with Crippen LogP contribution in [0.25, 0.3) is 21.9 Å². The van der Waals surface area contributed by atoms with E-state index in [0.717, 1.165) is 26.5 Å². The monoisotopic (exact) mass is 368 g/mol. The molecule has 0 saturated heterocycles. The average Bonchev–Trinajstić information content (AvgIpc) is 3.07. The first-order chi connectivity index (χ1) is 11.0. The number of furan rings is 1. The van der Waals surface area contributed by atoms with Crippen molar-refractivity contribution < 1.29 is 9.21 Å². The van der Waals surface area contributed by atoms with E-state index in [-0.39, 0.29) is 5.91 Å². The predicted molar refractivity (Wildman–Crippen MR) is 94.7 cm³/mol. The molecule has 4 rings (SSSR count). The molecule has 5 heteroatoms. The molecule has 0 unspecified atom stereocenters. The van der Waals surface area contributed by atoms with Crippen LogP contribution in [0, 0.1) is 6.92 Å². The molecule has 2 N–H and O–H groups in total. The topological polar surface area (TPSA) is 61.2 Å². The number of para-hydroxylation sites is 1. The standard InChI is InChI=1S/C18H13BrN2O2/c1-10-7-12-3-2-4-14(20)17(12)21(10)18(22)16-8-11-5-6-13(19)9-15(11)23-16/h2-9H,20H2,1H3. The Hall–Kier alpha value is -2.53. The zero-order chi connectivity index (χ0) is 16.1. The van der Waals surface area contributed by atoms with Crippen LogP contribution in [0.3, 0.4) is 0 Å². The van der Waals surface area contributed by atoms with Gasteiger partial charge in [0.15, 0.2) is 5.76 Å². The van der Waals surface area contributed by atoms with Gasteiger partial charge in [0.1, 0.15) is 5.58 Å². The first-order valence-electron chi connectivity index (χ1n) is 7.15. The van der Waals surface area contributed by atoms with Crippen LogP contribution in [-0.4, -0.2) is 10.5 Å². The third-order valence-electron chi connectivity index (χ3n) is 3.94. The number of carbonyl (C=O) groups excluding carboxylic acids is 1. The average molecular weight is 369 g/mol. The number of fused-ring (bicyclic) bond motifs is 2. The highest BCUT2D eigenvalue weighted by molar-refractivity contribution is 9.10. The van der Waals surface area contributed by atoms with E-state index in [9.17, 15) is 4.79 Å². The number of hydrogen-bond acceptors (Lipinski definition) is 3. The minimum Gasteiger partial charge on any atom is -0.451 e. The SMILES string of the molecule is Cc1cc2cccc(N)c2n1C(=O)c1cc2ccc(Br)cc2o1. The minimum absolute atomic E-state index is 0.220. The van der Waals surface area contributed by atoms with Gasteiger partial charge in [-0.2, -0.15) is 0 Å². The normalized spacial score (nSPS) is 11.4. The van der Waals surface area contributed by atoms with Crippen molar-refractivity contribution in [2.75, 3.05) is 5.73 Å². The van der Waals surface area contributed by atoms with E-state index in [2.05, 4.69) is 15.9 Å². The Balaban J connectivity index is 1.92. The van der Waals surface area contributed by atoms with Crippen molar-refractivity contribution in [2.24, 2.45) is 0 Å². The van der Waals surface area contributed by atoms with E-state index >= 15 is 0 Å². The third-order valence-corrected chi connectivity index (χ3v) is 4.43. The Morgan fingerprint density at radius 2 is 1.96 bits per heavy atom. The third kappa shape index (κ3) is 2.16. The number of benzene rings is 2. The summed E-state index contributed by atoms with van der Waals surface area (Å²) >= 11 is 3.40. The van der Waals surface area contributed by atoms with Gasteiger partial charge in [-0.1, -0.05) is 28.1 Å². The fourth-order valence-electron chi connectivity index (χ4n) is 2.90. The number of rotatable bonds is 1. The Labute approximate surface area is 140 Å². The summed E-state index contributed by atoms with van der Waals surface area (Å²) in [5.74, 6) is 0.0738. The minimum atomic E-state index is -0.220. The molecular weight excluding hydrogens is 356 g/mol. The fourth-order valence-corrected chi connectivity index (χ4v) is 3.24. The van der Waals surface area contributed by atoms with E-state index in [1.54, 1.807) is 16.7 Å². The lowest BCUT2D eigenvalue weighted by Crippen LogP contribution is -2.13. The number of aryl methyl sites for hydroxylation is 1. The quantitative estimate of drug-likeness (QED) is 0.494. The molecule has 2 aromatic heterocycles. The van der Waals surface area contributed by atoms with Gasteiger partial charge in [-0.25, -0.2) is 0 Å². The highest BCUT2D eigenvalue weighted by Crippen LogP contribution is 2.28. The van der Waals surface area contributed by atoms with E-state index in [0.29, 0.717) is 17.0 Å². The molecule has 0 amide bonds. The highest BCUT2D eigenvalue weighted by atomic mass is 79.9. The molecule has 0 bridgehead atoms. The van der Waals surface area contributed by atoms with E-state index in [4.69, 9.17) is 10.2 Å². The number of hydrogen-bond donors (Lipinski definition) is 1. The van der Waals surface area contributed by atoms with Crippen molar-refractivity contribution in [1.29, 1.82) is 0 Å². The van der Waals surface area contributed by atoms with Crippen LogP contribution < -0.4 is 5.73 Å². The maximum atomic E-state index is 13.0. The summed E-state index contributed by atoms with van der Waals surface area (Å²) in [6.45, 7) is 1.89. The van der Waals surface area contributed by atoms with Crippen LogP contribution in [0.4, 0.5) is 5.69 Å². The molecule has 2 heterocycles. The largest absolute Gasteiger partial charge is 0.451 e. The van der Waals surface area contributed by atoms with Gasteiger partial charge in [-0.15, -0.1) is 0 Å². The Morgan fingerprint density at radius 1 is 1.13 bits per heavy atom. The van der Waals surface area contributed by atoms with Crippen LogP contribution in [0.5, 0.6) is 0 Å². The Kier molecular flexibility index (Phi) is 3.06. The molecular formula is C18H13BrN2O2. The van der Waals surface area contributed by atoms with Crippen molar-refractivity contribution in [1.82, 2.24) is 4.57 Å². The molecule has 0 aliphatic rings. The summed E-state index contributed by atoms with van der Waals surface area (Å²) in [6, 6.07) is 15.0. The number of halogens is 1. The molecule has 0 aliphatic carbocycles. The molecule has 0 fully saturated rings. The second-order valence-electron chi connectivity index (χ2n) is 5.50. The molecule has 0 aliphatic heterocycles. The van der Waals surface area contributed by atoms with Crippen LogP contribution in [-0.2, 0) is 0 Å². The lowest BCUT2D eigenvalue weighted by molar-refractivity contribution is 0.0938. The van der Waals surface area contributed by atoms with E-state index in [1.807, 2.05) is 43.3 Å². The van der Waals surface area contributed by atoms with Gasteiger partial charge in [0.05, 0.1) is 11.2 Å². The predicted octanol–water partition coefficient (Wildman–Crippen LogP) is 4.73. The van der Waals surface area contributed by atoms with Gasteiger partial charge in [0.25, 0.3) is 5.91 Å². The number of anilines is 1. The van der Waals surface area contributed by atoms with E-state index in [1.165, 1.54) is 0 Å². The summed E-state index contributed by atoms with van der Waals surface area (Å²) in [5.41, 5.74) is 8.86. The fraction of sp³-hybridized carbons (Fsp3) is 0.0556. The van der Waals surface area contributed by atoms with Gasteiger partial charge in [0, 0.05) is 20.9 Å². The van der Waals surface area contributed by atoms with Crippen molar-refractivity contribution in [2.45, 2.75) is 6.92 Å². The molecule has 4 nitrogen and oxygen atoms in total. The van der Waals surface area contributed by atoms with Gasteiger partial charge >= 0.3 is 0 Å². The second kappa shape index (κ2) is 4.99. The van der Waals surface area contributed by atoms with Gasteiger partial charge < -0.3 is 10.2 Å². The molecule has 2 aromatic carbocycles. The smallest absolute Gasteiger partial charge is 0.298 e. The number of aromatic nitrogens is 1. The van der Waals surface area contributed by atoms with Crippen molar-refractivity contribution in [3.8, 4) is 0 Å². The number of nitrogen functional groups attached to an aromatic ring is 1. The molecule has 0 radical (unpaired) electrons. The van der Waals surface area contributed by atoms with Gasteiger partial charge in [0.2, 0.25) is 0 Å². The van der Waals surface area contributed by atoms with Crippen LogP contribution in [0.15, 0.2) is 57.4 Å². The molecule has 0 saturated carbocycles. The first-order valence-corrected chi connectivity index (χ1v) is 7.94. The van der Waals surface area contributed by atoms with E-state index < -0.39 is 0 Å². The Bertz CT molecular complexity index is 1080. The summed E-state index contributed by atoms with van der Waals surface area (Å²) < 4.78 is 8.25. The zero-order valence-corrected chi connectivity index (χ0v) is 13.9. The maximum absolute atomic E-state index is 13.0. The van der Waals surface area contributed by atoms with Crippen LogP contribution in [0.2, 0.25) is 0 Å². The van der Waals surface area contributed by atoms with Crippen LogP contribution >= 0.6 is 15.9 Å². The molecule has 4 aromatic rings.